The van der Waals surface area contributed by atoms with Crippen LogP contribution in [0.2, 0.25) is 0 Å². The van der Waals surface area contributed by atoms with Gasteiger partial charge in [0.25, 0.3) is 5.91 Å². The van der Waals surface area contributed by atoms with Gasteiger partial charge in [0.1, 0.15) is 6.10 Å². The van der Waals surface area contributed by atoms with Crippen LogP contribution in [0.25, 0.3) is 0 Å². The van der Waals surface area contributed by atoms with Gasteiger partial charge in [-0.1, -0.05) is 30.3 Å². The Morgan fingerprint density at radius 2 is 2.00 bits per heavy atom. The Morgan fingerprint density at radius 1 is 1.22 bits per heavy atom. The summed E-state index contributed by atoms with van der Waals surface area (Å²) >= 11 is 0. The highest BCUT2D eigenvalue weighted by Gasteiger charge is 2.32. The molecule has 0 aliphatic carbocycles. The molecule has 2 aromatic rings. The summed E-state index contributed by atoms with van der Waals surface area (Å²) in [4.78, 5) is 25.6. The summed E-state index contributed by atoms with van der Waals surface area (Å²) in [6.07, 6.45) is -0.731. The molecular formula is C18H18N2O3. The van der Waals surface area contributed by atoms with Gasteiger partial charge >= 0.3 is 6.09 Å². The van der Waals surface area contributed by atoms with Crippen molar-refractivity contribution in [1.82, 2.24) is 5.32 Å². The first-order chi connectivity index (χ1) is 11.1. The number of ether oxygens (including phenoxy) is 1. The highest BCUT2D eigenvalue weighted by atomic mass is 16.6. The molecule has 118 valence electrons. The quantitative estimate of drug-likeness (QED) is 0.944. The van der Waals surface area contributed by atoms with Crippen molar-refractivity contribution in [2.75, 3.05) is 18.0 Å². The second-order valence-electron chi connectivity index (χ2n) is 5.53. The monoisotopic (exact) mass is 310 g/mol. The normalized spacial score (nSPS) is 17.0. The van der Waals surface area contributed by atoms with Crippen LogP contribution in [-0.2, 0) is 4.74 Å². The number of benzene rings is 2. The van der Waals surface area contributed by atoms with E-state index in [1.54, 1.807) is 17.0 Å². The molecule has 1 heterocycles. The Morgan fingerprint density at radius 3 is 2.74 bits per heavy atom. The van der Waals surface area contributed by atoms with Crippen molar-refractivity contribution >= 4 is 17.7 Å². The van der Waals surface area contributed by atoms with Gasteiger partial charge in [0.15, 0.2) is 0 Å². The van der Waals surface area contributed by atoms with Crippen molar-refractivity contribution in [1.29, 1.82) is 0 Å². The van der Waals surface area contributed by atoms with Crippen LogP contribution in [0.1, 0.15) is 15.9 Å². The minimum atomic E-state index is -0.380. The van der Waals surface area contributed by atoms with E-state index in [4.69, 9.17) is 4.74 Å². The summed E-state index contributed by atoms with van der Waals surface area (Å²) in [5, 5.41) is 2.80. The summed E-state index contributed by atoms with van der Waals surface area (Å²) in [5.74, 6) is -0.171. The summed E-state index contributed by atoms with van der Waals surface area (Å²) in [6, 6.07) is 16.7. The molecule has 0 bridgehead atoms. The first-order valence-electron chi connectivity index (χ1n) is 7.51. The number of nitrogens with zero attached hydrogens (tertiary/aromatic N) is 1. The summed E-state index contributed by atoms with van der Waals surface area (Å²) in [5.41, 5.74) is 2.48. The van der Waals surface area contributed by atoms with Crippen LogP contribution in [0.3, 0.4) is 0 Å². The van der Waals surface area contributed by atoms with Gasteiger partial charge in [-0.25, -0.2) is 4.79 Å². The molecule has 1 unspecified atom stereocenters. The number of carbonyl (C=O) groups is 2. The molecule has 3 rings (SSSR count). The van der Waals surface area contributed by atoms with Crippen LogP contribution in [0.4, 0.5) is 10.5 Å². The molecule has 1 atom stereocenters. The molecule has 23 heavy (non-hydrogen) atoms. The molecule has 2 amide bonds. The zero-order valence-electron chi connectivity index (χ0n) is 12.9. The third-order valence-electron chi connectivity index (χ3n) is 3.71. The van der Waals surface area contributed by atoms with Gasteiger partial charge in [-0.2, -0.15) is 0 Å². The highest BCUT2D eigenvalue weighted by Crippen LogP contribution is 2.22. The fourth-order valence-corrected chi connectivity index (χ4v) is 2.53. The Hall–Kier alpha value is -2.82. The minimum absolute atomic E-state index is 0.171. The predicted molar refractivity (Wildman–Crippen MR) is 87.6 cm³/mol. The van der Waals surface area contributed by atoms with Crippen LogP contribution in [0.5, 0.6) is 0 Å². The summed E-state index contributed by atoms with van der Waals surface area (Å²) in [7, 11) is 0. The lowest BCUT2D eigenvalue weighted by molar-refractivity contribution is 0.0916. The SMILES string of the molecule is Cc1cccc(N2CC(CNC(=O)c3ccccc3)OC2=O)c1. The Labute approximate surface area is 134 Å². The van der Waals surface area contributed by atoms with Gasteiger partial charge in [-0.15, -0.1) is 0 Å². The number of anilines is 1. The number of nitrogens with one attached hydrogen (secondary N) is 1. The van der Waals surface area contributed by atoms with E-state index in [1.165, 1.54) is 0 Å². The van der Waals surface area contributed by atoms with Crippen molar-refractivity contribution in [2.24, 2.45) is 0 Å². The maximum atomic E-state index is 12.0. The van der Waals surface area contributed by atoms with Crippen molar-refractivity contribution in [3.63, 3.8) is 0 Å². The third-order valence-corrected chi connectivity index (χ3v) is 3.71. The Kier molecular flexibility index (Phi) is 4.28. The lowest BCUT2D eigenvalue weighted by Crippen LogP contribution is -2.34. The van der Waals surface area contributed by atoms with E-state index in [2.05, 4.69) is 5.32 Å². The molecule has 0 aromatic heterocycles. The molecule has 0 spiro atoms. The molecule has 1 fully saturated rings. The van der Waals surface area contributed by atoms with Gasteiger partial charge in [-0.3, -0.25) is 9.69 Å². The number of cyclic esters (lactones) is 1. The smallest absolute Gasteiger partial charge is 0.414 e. The van der Waals surface area contributed by atoms with Crippen molar-refractivity contribution in [3.05, 3.63) is 65.7 Å². The van der Waals surface area contributed by atoms with Crippen LogP contribution >= 0.6 is 0 Å². The second-order valence-corrected chi connectivity index (χ2v) is 5.53. The van der Waals surface area contributed by atoms with Gasteiger partial charge in [0.2, 0.25) is 0 Å². The lowest BCUT2D eigenvalue weighted by atomic mass is 10.2. The zero-order chi connectivity index (χ0) is 16.2. The molecule has 0 radical (unpaired) electrons. The van der Waals surface area contributed by atoms with E-state index < -0.39 is 0 Å². The lowest BCUT2D eigenvalue weighted by Gasteiger charge is -2.13. The molecule has 5 heteroatoms. The first kappa shape index (κ1) is 15.1. The van der Waals surface area contributed by atoms with Crippen molar-refractivity contribution in [2.45, 2.75) is 13.0 Å². The van der Waals surface area contributed by atoms with Crippen molar-refractivity contribution < 1.29 is 14.3 Å². The zero-order valence-corrected chi connectivity index (χ0v) is 12.9. The summed E-state index contributed by atoms with van der Waals surface area (Å²) in [6.45, 7) is 2.70. The number of rotatable bonds is 4. The minimum Gasteiger partial charge on any atom is -0.442 e. The maximum Gasteiger partial charge on any atom is 0.414 e. The Balaban J connectivity index is 1.59. The van der Waals surface area contributed by atoms with E-state index in [1.807, 2.05) is 49.4 Å². The number of amides is 2. The molecule has 2 aromatic carbocycles. The number of hydrogen-bond acceptors (Lipinski definition) is 3. The number of aryl methyl sites for hydroxylation is 1. The largest absolute Gasteiger partial charge is 0.442 e. The molecule has 0 saturated carbocycles. The molecular weight excluding hydrogens is 292 g/mol. The number of carbonyl (C=O) groups excluding carboxylic acids is 2. The number of hydrogen-bond donors (Lipinski definition) is 1. The highest BCUT2D eigenvalue weighted by molar-refractivity contribution is 5.94. The van der Waals surface area contributed by atoms with Gasteiger partial charge < -0.3 is 10.1 Å². The van der Waals surface area contributed by atoms with E-state index >= 15 is 0 Å². The van der Waals surface area contributed by atoms with Crippen molar-refractivity contribution in [3.8, 4) is 0 Å². The van der Waals surface area contributed by atoms with E-state index in [0.717, 1.165) is 11.3 Å². The third kappa shape index (κ3) is 3.51. The van der Waals surface area contributed by atoms with E-state index in [-0.39, 0.29) is 18.1 Å². The maximum absolute atomic E-state index is 12.0. The van der Waals surface area contributed by atoms with Crippen LogP contribution in [-0.4, -0.2) is 31.2 Å². The van der Waals surface area contributed by atoms with Crippen LogP contribution in [0, 0.1) is 6.92 Å². The van der Waals surface area contributed by atoms with E-state index in [0.29, 0.717) is 18.7 Å². The average molecular weight is 310 g/mol. The topological polar surface area (TPSA) is 58.6 Å². The molecule has 1 N–H and O–H groups in total. The first-order valence-corrected chi connectivity index (χ1v) is 7.51. The second kappa shape index (κ2) is 6.52. The van der Waals surface area contributed by atoms with Gasteiger partial charge in [0.05, 0.1) is 13.1 Å². The fourth-order valence-electron chi connectivity index (χ4n) is 2.53. The fraction of sp³-hybridized carbons (Fsp3) is 0.222. The van der Waals surface area contributed by atoms with Gasteiger partial charge in [0, 0.05) is 11.3 Å². The van der Waals surface area contributed by atoms with Crippen LogP contribution in [0.15, 0.2) is 54.6 Å². The summed E-state index contributed by atoms with van der Waals surface area (Å²) < 4.78 is 5.33. The average Bonchev–Trinajstić information content (AvgIpc) is 2.94. The molecule has 1 aliphatic heterocycles. The Bertz CT molecular complexity index is 715. The predicted octanol–water partition coefficient (Wildman–Crippen LogP) is 2.75. The van der Waals surface area contributed by atoms with Crippen LogP contribution < -0.4 is 10.2 Å². The molecule has 1 saturated heterocycles. The molecule has 5 nitrogen and oxygen atoms in total. The van der Waals surface area contributed by atoms with E-state index in [9.17, 15) is 9.59 Å². The standard InChI is InChI=1S/C18H18N2O3/c1-13-6-5-9-15(10-13)20-12-16(23-18(20)22)11-19-17(21)14-7-3-2-4-8-14/h2-10,16H,11-12H2,1H3,(H,19,21). The van der Waals surface area contributed by atoms with Gasteiger partial charge in [-0.05, 0) is 36.8 Å². The molecule has 1 aliphatic rings.